The summed E-state index contributed by atoms with van der Waals surface area (Å²) in [5.41, 5.74) is 0.973. The first kappa shape index (κ1) is 10.6. The van der Waals surface area contributed by atoms with Crippen molar-refractivity contribution in [3.05, 3.63) is 34.9 Å². The van der Waals surface area contributed by atoms with E-state index in [-0.39, 0.29) is 0 Å². The van der Waals surface area contributed by atoms with Crippen LogP contribution in [0.25, 0.3) is 6.08 Å². The van der Waals surface area contributed by atoms with Gasteiger partial charge in [-0.3, -0.25) is 0 Å². The predicted molar refractivity (Wildman–Crippen MR) is 60.8 cm³/mol. The summed E-state index contributed by atoms with van der Waals surface area (Å²) in [5, 5.41) is 1.55. The number of benzene rings is 1. The molecule has 0 amide bonds. The van der Waals surface area contributed by atoms with Crippen LogP contribution in [0.2, 0.25) is 5.02 Å². The van der Waals surface area contributed by atoms with E-state index in [0.29, 0.717) is 0 Å². The third-order valence-corrected chi connectivity index (χ3v) is 2.31. The Labute approximate surface area is 91.5 Å². The minimum absolute atomic E-state index is 0.734. The summed E-state index contributed by atoms with van der Waals surface area (Å²) >= 11 is 9.27. The molecule has 0 saturated carbocycles. The van der Waals surface area contributed by atoms with Gasteiger partial charge in [0.15, 0.2) is 0 Å². The topological polar surface area (TPSA) is 9.23 Å². The van der Waals surface area contributed by atoms with Gasteiger partial charge in [-0.05, 0) is 23.8 Å². The Morgan fingerprint density at radius 3 is 2.92 bits per heavy atom. The molecule has 13 heavy (non-hydrogen) atoms. The molecule has 0 spiro atoms. The van der Waals surface area contributed by atoms with Gasteiger partial charge >= 0.3 is 0 Å². The van der Waals surface area contributed by atoms with E-state index in [0.717, 1.165) is 21.7 Å². The SMILES string of the molecule is COc1ccc(Cl)c(C=CCBr)c1. The second kappa shape index (κ2) is 5.30. The van der Waals surface area contributed by atoms with Crippen molar-refractivity contribution in [2.24, 2.45) is 0 Å². The van der Waals surface area contributed by atoms with E-state index in [1.54, 1.807) is 7.11 Å². The summed E-state index contributed by atoms with van der Waals surface area (Å²) in [7, 11) is 1.64. The Morgan fingerprint density at radius 1 is 1.54 bits per heavy atom. The fraction of sp³-hybridized carbons (Fsp3) is 0.200. The van der Waals surface area contributed by atoms with Crippen LogP contribution in [0.5, 0.6) is 5.75 Å². The van der Waals surface area contributed by atoms with Gasteiger partial charge in [-0.15, -0.1) is 0 Å². The summed E-state index contributed by atoms with van der Waals surface area (Å²) in [6, 6.07) is 5.57. The van der Waals surface area contributed by atoms with Gasteiger partial charge < -0.3 is 4.74 Å². The smallest absolute Gasteiger partial charge is 0.119 e. The molecule has 1 aromatic carbocycles. The summed E-state index contributed by atoms with van der Waals surface area (Å²) in [4.78, 5) is 0. The normalized spacial score (nSPS) is 10.7. The van der Waals surface area contributed by atoms with Crippen LogP contribution in [-0.2, 0) is 0 Å². The molecular formula is C10H10BrClO. The third-order valence-electron chi connectivity index (χ3n) is 1.59. The zero-order chi connectivity index (χ0) is 9.68. The Balaban J connectivity index is 2.97. The average molecular weight is 262 g/mol. The predicted octanol–water partition coefficient (Wildman–Crippen LogP) is 3.76. The first-order valence-corrected chi connectivity index (χ1v) is 5.34. The zero-order valence-electron chi connectivity index (χ0n) is 7.26. The highest BCUT2D eigenvalue weighted by Crippen LogP contribution is 2.22. The monoisotopic (exact) mass is 260 g/mol. The third kappa shape index (κ3) is 3.05. The van der Waals surface area contributed by atoms with Gasteiger partial charge in [0, 0.05) is 10.4 Å². The molecule has 0 N–H and O–H groups in total. The second-order valence-corrected chi connectivity index (χ2v) is 3.50. The van der Waals surface area contributed by atoms with E-state index in [9.17, 15) is 0 Å². The molecule has 0 heterocycles. The number of hydrogen-bond donors (Lipinski definition) is 0. The molecule has 1 aromatic rings. The fourth-order valence-corrected chi connectivity index (χ4v) is 1.32. The van der Waals surface area contributed by atoms with Gasteiger partial charge in [-0.2, -0.15) is 0 Å². The van der Waals surface area contributed by atoms with E-state index in [4.69, 9.17) is 16.3 Å². The number of halogens is 2. The molecule has 0 fully saturated rings. The van der Waals surface area contributed by atoms with Crippen molar-refractivity contribution in [3.63, 3.8) is 0 Å². The standard InChI is InChI=1S/C10H10BrClO/c1-13-9-4-5-10(12)8(7-9)3-2-6-11/h2-5,7H,6H2,1H3. The lowest BCUT2D eigenvalue weighted by molar-refractivity contribution is 0.414. The number of methoxy groups -OCH3 is 1. The molecule has 70 valence electrons. The van der Waals surface area contributed by atoms with Gasteiger partial charge in [0.25, 0.3) is 0 Å². The maximum atomic E-state index is 5.97. The molecule has 0 aliphatic rings. The summed E-state index contributed by atoms with van der Waals surface area (Å²) in [6.45, 7) is 0. The summed E-state index contributed by atoms with van der Waals surface area (Å²) < 4.78 is 5.09. The molecule has 0 radical (unpaired) electrons. The number of allylic oxidation sites excluding steroid dienone is 1. The van der Waals surface area contributed by atoms with E-state index in [1.807, 2.05) is 30.4 Å². The van der Waals surface area contributed by atoms with Crippen molar-refractivity contribution in [2.75, 3.05) is 12.4 Å². The molecule has 0 aliphatic carbocycles. The van der Waals surface area contributed by atoms with Gasteiger partial charge in [-0.25, -0.2) is 0 Å². The molecule has 1 rings (SSSR count). The Bertz CT molecular complexity index is 310. The highest BCUT2D eigenvalue weighted by atomic mass is 79.9. The second-order valence-electron chi connectivity index (χ2n) is 2.44. The largest absolute Gasteiger partial charge is 0.497 e. The molecule has 0 bridgehead atoms. The van der Waals surface area contributed by atoms with Gasteiger partial charge in [0.05, 0.1) is 7.11 Å². The Morgan fingerprint density at radius 2 is 2.31 bits per heavy atom. The highest BCUT2D eigenvalue weighted by molar-refractivity contribution is 9.09. The van der Waals surface area contributed by atoms with E-state index in [1.165, 1.54) is 0 Å². The number of hydrogen-bond acceptors (Lipinski definition) is 1. The van der Waals surface area contributed by atoms with Crippen LogP contribution in [0, 0.1) is 0 Å². The maximum Gasteiger partial charge on any atom is 0.119 e. The van der Waals surface area contributed by atoms with E-state index in [2.05, 4.69) is 15.9 Å². The molecule has 0 atom stereocenters. The van der Waals surface area contributed by atoms with Crippen LogP contribution >= 0.6 is 27.5 Å². The quantitative estimate of drug-likeness (QED) is 0.753. The fourth-order valence-electron chi connectivity index (χ4n) is 0.948. The van der Waals surface area contributed by atoms with Gasteiger partial charge in [0.2, 0.25) is 0 Å². The van der Waals surface area contributed by atoms with Crippen molar-refractivity contribution in [2.45, 2.75) is 0 Å². The Kier molecular flexibility index (Phi) is 4.33. The van der Waals surface area contributed by atoms with Crippen molar-refractivity contribution in [1.29, 1.82) is 0 Å². The first-order chi connectivity index (χ1) is 6.27. The molecule has 0 aliphatic heterocycles. The van der Waals surface area contributed by atoms with Crippen molar-refractivity contribution < 1.29 is 4.74 Å². The molecule has 3 heteroatoms. The number of ether oxygens (including phenoxy) is 1. The van der Waals surface area contributed by atoms with Crippen molar-refractivity contribution in [3.8, 4) is 5.75 Å². The molecular weight excluding hydrogens is 251 g/mol. The van der Waals surface area contributed by atoms with Crippen LogP contribution in [-0.4, -0.2) is 12.4 Å². The van der Waals surface area contributed by atoms with Gasteiger partial charge in [-0.1, -0.05) is 39.7 Å². The average Bonchev–Trinajstić information content (AvgIpc) is 2.17. The molecule has 0 aromatic heterocycles. The summed E-state index contributed by atoms with van der Waals surface area (Å²) in [6.07, 6.45) is 3.94. The van der Waals surface area contributed by atoms with Crippen molar-refractivity contribution in [1.82, 2.24) is 0 Å². The van der Waals surface area contributed by atoms with Crippen LogP contribution in [0.3, 0.4) is 0 Å². The maximum absolute atomic E-state index is 5.97. The van der Waals surface area contributed by atoms with Crippen molar-refractivity contribution >= 4 is 33.6 Å². The van der Waals surface area contributed by atoms with Crippen LogP contribution in [0.4, 0.5) is 0 Å². The molecule has 0 saturated heterocycles. The van der Waals surface area contributed by atoms with Crippen LogP contribution in [0.15, 0.2) is 24.3 Å². The minimum atomic E-state index is 0.734. The summed E-state index contributed by atoms with van der Waals surface area (Å²) in [5.74, 6) is 0.818. The van der Waals surface area contributed by atoms with Crippen LogP contribution < -0.4 is 4.74 Å². The van der Waals surface area contributed by atoms with E-state index >= 15 is 0 Å². The highest BCUT2D eigenvalue weighted by Gasteiger charge is 1.97. The van der Waals surface area contributed by atoms with E-state index < -0.39 is 0 Å². The molecule has 1 nitrogen and oxygen atoms in total. The lowest BCUT2D eigenvalue weighted by Gasteiger charge is -2.02. The zero-order valence-corrected chi connectivity index (χ0v) is 9.60. The molecule has 0 unspecified atom stereocenters. The lowest BCUT2D eigenvalue weighted by atomic mass is 10.2. The number of alkyl halides is 1. The van der Waals surface area contributed by atoms with Crippen LogP contribution in [0.1, 0.15) is 5.56 Å². The Hall–Kier alpha value is -0.470. The minimum Gasteiger partial charge on any atom is -0.497 e. The first-order valence-electron chi connectivity index (χ1n) is 3.84. The number of rotatable bonds is 3. The lowest BCUT2D eigenvalue weighted by Crippen LogP contribution is -1.83. The van der Waals surface area contributed by atoms with Gasteiger partial charge in [0.1, 0.15) is 5.75 Å².